The number of hydrogen-bond donors (Lipinski definition) is 1. The van der Waals surface area contributed by atoms with Crippen LogP contribution >= 0.6 is 15.9 Å². The Kier molecular flexibility index (Phi) is 3.24. The van der Waals surface area contributed by atoms with E-state index >= 15 is 0 Å². The Hall–Kier alpha value is -1.29. The average Bonchev–Trinajstić information content (AvgIpc) is 2.52. The van der Waals surface area contributed by atoms with Crippen molar-refractivity contribution in [1.82, 2.24) is 4.57 Å². The van der Waals surface area contributed by atoms with Gasteiger partial charge in [-0.15, -0.1) is 0 Å². The van der Waals surface area contributed by atoms with E-state index in [0.717, 1.165) is 15.7 Å². The van der Waals surface area contributed by atoms with E-state index in [1.807, 2.05) is 19.1 Å². The maximum atomic E-state index is 10.7. The van der Waals surface area contributed by atoms with Crippen molar-refractivity contribution in [3.05, 3.63) is 33.9 Å². The third kappa shape index (κ3) is 2.09. The Bertz CT molecular complexity index is 587. The van der Waals surface area contributed by atoms with Crippen LogP contribution in [-0.2, 0) is 11.3 Å². The zero-order chi connectivity index (χ0) is 12.6. The number of carboxylic acids is 1. The standard InChI is InChI=1S/C13H14BrNO2/c1-8-9(2)15(7-6-12(16)17)13-10(8)4-3-5-11(13)14/h3-5H,6-7H2,1-2H3,(H,16,17). The van der Waals surface area contributed by atoms with Crippen LogP contribution in [0.25, 0.3) is 10.9 Å². The molecule has 0 amide bonds. The summed E-state index contributed by atoms with van der Waals surface area (Å²) in [7, 11) is 0. The van der Waals surface area contributed by atoms with Gasteiger partial charge in [0.05, 0.1) is 11.9 Å². The molecule has 0 fully saturated rings. The van der Waals surface area contributed by atoms with Crippen molar-refractivity contribution in [2.24, 2.45) is 0 Å². The average molecular weight is 296 g/mol. The lowest BCUT2D eigenvalue weighted by molar-refractivity contribution is -0.137. The van der Waals surface area contributed by atoms with E-state index in [1.165, 1.54) is 10.9 Å². The zero-order valence-corrected chi connectivity index (χ0v) is 11.4. The number of aryl methyl sites for hydroxylation is 2. The van der Waals surface area contributed by atoms with Crippen LogP contribution in [0.3, 0.4) is 0 Å². The minimum atomic E-state index is -0.768. The number of carboxylic acid groups (broad SMARTS) is 1. The third-order valence-electron chi connectivity index (χ3n) is 3.16. The first-order chi connectivity index (χ1) is 8.02. The lowest BCUT2D eigenvalue weighted by Gasteiger charge is -2.07. The van der Waals surface area contributed by atoms with Crippen LogP contribution < -0.4 is 0 Å². The zero-order valence-electron chi connectivity index (χ0n) is 9.83. The van der Waals surface area contributed by atoms with Crippen molar-refractivity contribution < 1.29 is 9.90 Å². The summed E-state index contributed by atoms with van der Waals surface area (Å²) < 4.78 is 3.08. The summed E-state index contributed by atoms with van der Waals surface area (Å²) in [6, 6.07) is 6.05. The molecule has 4 heteroatoms. The van der Waals surface area contributed by atoms with Gasteiger partial charge < -0.3 is 9.67 Å². The normalized spacial score (nSPS) is 11.0. The molecule has 0 saturated carbocycles. The monoisotopic (exact) mass is 295 g/mol. The molecule has 0 spiro atoms. The molecule has 3 nitrogen and oxygen atoms in total. The number of fused-ring (bicyclic) bond motifs is 1. The van der Waals surface area contributed by atoms with Gasteiger partial charge in [-0.2, -0.15) is 0 Å². The van der Waals surface area contributed by atoms with Crippen LogP contribution in [-0.4, -0.2) is 15.6 Å². The second-order valence-electron chi connectivity index (χ2n) is 4.14. The summed E-state index contributed by atoms with van der Waals surface area (Å²) in [4.78, 5) is 10.7. The van der Waals surface area contributed by atoms with Gasteiger partial charge in [-0.3, -0.25) is 4.79 Å². The van der Waals surface area contributed by atoms with E-state index in [2.05, 4.69) is 33.5 Å². The van der Waals surface area contributed by atoms with Crippen molar-refractivity contribution in [1.29, 1.82) is 0 Å². The van der Waals surface area contributed by atoms with E-state index < -0.39 is 5.97 Å². The van der Waals surface area contributed by atoms with E-state index in [0.29, 0.717) is 6.54 Å². The van der Waals surface area contributed by atoms with E-state index in [1.54, 1.807) is 0 Å². The third-order valence-corrected chi connectivity index (χ3v) is 3.80. The van der Waals surface area contributed by atoms with Gasteiger partial charge in [0.1, 0.15) is 0 Å². The van der Waals surface area contributed by atoms with Crippen LogP contribution in [0.1, 0.15) is 17.7 Å². The second kappa shape index (κ2) is 4.53. The first-order valence-corrected chi connectivity index (χ1v) is 6.27. The molecule has 2 aromatic rings. The van der Waals surface area contributed by atoms with Crippen LogP contribution in [0, 0.1) is 13.8 Å². The number of aliphatic carboxylic acids is 1. The Balaban J connectivity index is 2.60. The van der Waals surface area contributed by atoms with Crippen molar-refractivity contribution >= 4 is 32.8 Å². The number of carbonyl (C=O) groups is 1. The number of hydrogen-bond acceptors (Lipinski definition) is 1. The summed E-state index contributed by atoms with van der Waals surface area (Å²) in [5.41, 5.74) is 3.43. The van der Waals surface area contributed by atoms with E-state index in [4.69, 9.17) is 5.11 Å². The molecule has 0 aliphatic carbocycles. The largest absolute Gasteiger partial charge is 0.481 e. The quantitative estimate of drug-likeness (QED) is 0.942. The van der Waals surface area contributed by atoms with Crippen LogP contribution in [0.15, 0.2) is 22.7 Å². The fourth-order valence-electron chi connectivity index (χ4n) is 2.14. The van der Waals surface area contributed by atoms with Crippen molar-refractivity contribution in [2.45, 2.75) is 26.8 Å². The molecule has 1 aromatic carbocycles. The summed E-state index contributed by atoms with van der Waals surface area (Å²) in [6.07, 6.45) is 0.144. The first kappa shape index (κ1) is 12.2. The number of halogens is 1. The number of aromatic nitrogens is 1. The Labute approximate surface area is 108 Å². The summed E-state index contributed by atoms with van der Waals surface area (Å²) in [5.74, 6) is -0.768. The lowest BCUT2D eigenvalue weighted by Crippen LogP contribution is -2.06. The molecule has 2 rings (SSSR count). The fraction of sp³-hybridized carbons (Fsp3) is 0.308. The minimum absolute atomic E-state index is 0.144. The fourth-order valence-corrected chi connectivity index (χ4v) is 2.72. The van der Waals surface area contributed by atoms with Gasteiger partial charge in [-0.05, 0) is 41.4 Å². The van der Waals surface area contributed by atoms with Crippen molar-refractivity contribution in [3.8, 4) is 0 Å². The summed E-state index contributed by atoms with van der Waals surface area (Å²) in [6.45, 7) is 4.61. The Morgan fingerprint density at radius 1 is 1.41 bits per heavy atom. The van der Waals surface area contributed by atoms with E-state index in [9.17, 15) is 4.79 Å². The van der Waals surface area contributed by atoms with Crippen LogP contribution in [0.2, 0.25) is 0 Å². The van der Waals surface area contributed by atoms with Gasteiger partial charge in [0, 0.05) is 22.1 Å². The van der Waals surface area contributed by atoms with Gasteiger partial charge in [0.2, 0.25) is 0 Å². The number of rotatable bonds is 3. The summed E-state index contributed by atoms with van der Waals surface area (Å²) >= 11 is 3.53. The number of nitrogens with zero attached hydrogens (tertiary/aromatic N) is 1. The molecule has 1 heterocycles. The highest BCUT2D eigenvalue weighted by Crippen LogP contribution is 2.31. The Morgan fingerprint density at radius 2 is 2.12 bits per heavy atom. The lowest BCUT2D eigenvalue weighted by atomic mass is 10.2. The van der Waals surface area contributed by atoms with Gasteiger partial charge in [-0.25, -0.2) is 0 Å². The van der Waals surface area contributed by atoms with Gasteiger partial charge in [0.15, 0.2) is 0 Å². The van der Waals surface area contributed by atoms with Crippen molar-refractivity contribution in [2.75, 3.05) is 0 Å². The number of benzene rings is 1. The van der Waals surface area contributed by atoms with Crippen molar-refractivity contribution in [3.63, 3.8) is 0 Å². The molecule has 17 heavy (non-hydrogen) atoms. The predicted molar refractivity (Wildman–Crippen MR) is 71.4 cm³/mol. The highest BCUT2D eigenvalue weighted by molar-refractivity contribution is 9.10. The molecule has 0 unspecified atom stereocenters. The maximum Gasteiger partial charge on any atom is 0.305 e. The molecule has 0 radical (unpaired) electrons. The molecular formula is C13H14BrNO2. The Morgan fingerprint density at radius 3 is 2.76 bits per heavy atom. The molecule has 1 N–H and O–H groups in total. The molecule has 0 aliphatic heterocycles. The van der Waals surface area contributed by atoms with E-state index in [-0.39, 0.29) is 6.42 Å². The molecule has 0 aliphatic rings. The van der Waals surface area contributed by atoms with Gasteiger partial charge >= 0.3 is 5.97 Å². The van der Waals surface area contributed by atoms with Gasteiger partial charge in [0.25, 0.3) is 0 Å². The molecule has 0 atom stereocenters. The highest BCUT2D eigenvalue weighted by atomic mass is 79.9. The molecule has 1 aromatic heterocycles. The van der Waals surface area contributed by atoms with Crippen LogP contribution in [0.4, 0.5) is 0 Å². The molecular weight excluding hydrogens is 282 g/mol. The van der Waals surface area contributed by atoms with Crippen LogP contribution in [0.5, 0.6) is 0 Å². The molecule has 90 valence electrons. The van der Waals surface area contributed by atoms with Gasteiger partial charge in [-0.1, -0.05) is 12.1 Å². The smallest absolute Gasteiger partial charge is 0.305 e. The first-order valence-electron chi connectivity index (χ1n) is 5.48. The highest BCUT2D eigenvalue weighted by Gasteiger charge is 2.13. The molecule has 0 saturated heterocycles. The topological polar surface area (TPSA) is 42.2 Å². The molecule has 0 bridgehead atoms. The summed E-state index contributed by atoms with van der Waals surface area (Å²) in [5, 5.41) is 9.97. The maximum absolute atomic E-state index is 10.7. The second-order valence-corrected chi connectivity index (χ2v) is 5.00. The number of para-hydroxylation sites is 1. The SMILES string of the molecule is Cc1c(C)n(CCC(=O)O)c2c(Br)cccc12. The minimum Gasteiger partial charge on any atom is -0.481 e. The predicted octanol–water partition coefficient (Wildman–Crippen LogP) is 3.50.